The van der Waals surface area contributed by atoms with Crippen LogP contribution in [-0.2, 0) is 16.1 Å². The Hall–Kier alpha value is -3.70. The third-order valence-electron chi connectivity index (χ3n) is 6.47. The van der Waals surface area contributed by atoms with Crippen LogP contribution in [0, 0.1) is 0 Å². The molecule has 172 valence electrons. The van der Waals surface area contributed by atoms with Crippen LogP contribution in [-0.4, -0.2) is 24.3 Å². The maximum absolute atomic E-state index is 13.9. The number of benzene rings is 3. The van der Waals surface area contributed by atoms with Crippen molar-refractivity contribution in [3.8, 4) is 0 Å². The highest BCUT2D eigenvalue weighted by Crippen LogP contribution is 2.36. The molecule has 0 aromatic heterocycles. The summed E-state index contributed by atoms with van der Waals surface area (Å²) in [6, 6.07) is 27.5. The number of nitrogens with one attached hydrogen (secondary N) is 2. The minimum Gasteiger partial charge on any atom is -0.339 e. The summed E-state index contributed by atoms with van der Waals surface area (Å²) in [5.74, 6) is -0.327. The predicted octanol–water partition coefficient (Wildman–Crippen LogP) is 4.62. The minimum absolute atomic E-state index is 0.0955. The standard InChI is InChI=1S/C29H29N3O2/c1-20(33)28(21-10-4-2-5-11-21)31-29(34)27-25-15-9-8-12-22(25)19-32(24-13-6-3-7-14-24)26(27)18-30-23-16-17-23/h2-15,23,28,30H,16-19H2,1H3,(H,31,34)/t28-/m1/s1. The number of Topliss-reactive ketones (excluding diaryl/α,β-unsaturated/α-hetero) is 1. The SMILES string of the molecule is CC(=O)[C@@H](NC(=O)C1=C(CNC2CC2)N(c2ccccc2)Cc2ccccc21)c1ccccc1. The van der Waals surface area contributed by atoms with Crippen molar-refractivity contribution in [3.05, 3.63) is 107 Å². The first-order valence-corrected chi connectivity index (χ1v) is 11.9. The molecule has 2 aliphatic rings. The van der Waals surface area contributed by atoms with E-state index in [0.29, 0.717) is 24.7 Å². The van der Waals surface area contributed by atoms with Crippen molar-refractivity contribution in [3.63, 3.8) is 0 Å². The fraction of sp³-hybridized carbons (Fsp3) is 0.241. The molecule has 1 saturated carbocycles. The number of anilines is 1. The minimum atomic E-state index is -0.696. The molecule has 0 unspecified atom stereocenters. The van der Waals surface area contributed by atoms with Crippen LogP contribution in [0.15, 0.2) is 90.6 Å². The van der Waals surface area contributed by atoms with E-state index in [1.165, 1.54) is 6.92 Å². The lowest BCUT2D eigenvalue weighted by atomic mass is 9.91. The molecule has 2 N–H and O–H groups in total. The largest absolute Gasteiger partial charge is 0.339 e. The number of para-hydroxylation sites is 1. The molecule has 5 heteroatoms. The third kappa shape index (κ3) is 4.66. The van der Waals surface area contributed by atoms with Crippen LogP contribution in [0.1, 0.15) is 42.5 Å². The molecule has 34 heavy (non-hydrogen) atoms. The smallest absolute Gasteiger partial charge is 0.254 e. The molecule has 1 heterocycles. The molecule has 1 fully saturated rings. The van der Waals surface area contributed by atoms with Crippen LogP contribution in [0.3, 0.4) is 0 Å². The van der Waals surface area contributed by atoms with Crippen molar-refractivity contribution in [1.82, 2.24) is 10.6 Å². The molecule has 0 radical (unpaired) electrons. The van der Waals surface area contributed by atoms with E-state index in [1.54, 1.807) is 0 Å². The van der Waals surface area contributed by atoms with Gasteiger partial charge < -0.3 is 15.5 Å². The molecule has 5 rings (SSSR count). The molecule has 1 aliphatic heterocycles. The summed E-state index contributed by atoms with van der Waals surface area (Å²) in [5, 5.41) is 6.65. The second-order valence-corrected chi connectivity index (χ2v) is 8.98. The van der Waals surface area contributed by atoms with Crippen molar-refractivity contribution in [2.45, 2.75) is 38.4 Å². The maximum Gasteiger partial charge on any atom is 0.254 e. The first-order chi connectivity index (χ1) is 16.6. The van der Waals surface area contributed by atoms with Gasteiger partial charge in [-0.15, -0.1) is 0 Å². The molecular weight excluding hydrogens is 422 g/mol. The van der Waals surface area contributed by atoms with Crippen LogP contribution in [0.4, 0.5) is 5.69 Å². The number of ketones is 1. The van der Waals surface area contributed by atoms with Crippen molar-refractivity contribution in [2.75, 3.05) is 11.4 Å². The van der Waals surface area contributed by atoms with Crippen molar-refractivity contribution < 1.29 is 9.59 Å². The van der Waals surface area contributed by atoms with Gasteiger partial charge in [0.1, 0.15) is 6.04 Å². The Bertz CT molecular complexity index is 1220. The highest BCUT2D eigenvalue weighted by molar-refractivity contribution is 6.22. The Morgan fingerprint density at radius 1 is 0.912 bits per heavy atom. The molecular formula is C29H29N3O2. The van der Waals surface area contributed by atoms with E-state index < -0.39 is 6.04 Å². The topological polar surface area (TPSA) is 61.4 Å². The number of fused-ring (bicyclic) bond motifs is 1. The van der Waals surface area contributed by atoms with E-state index in [9.17, 15) is 9.59 Å². The average molecular weight is 452 g/mol. The maximum atomic E-state index is 13.9. The lowest BCUT2D eigenvalue weighted by Gasteiger charge is -2.35. The summed E-state index contributed by atoms with van der Waals surface area (Å²) in [5.41, 5.74) is 5.40. The molecule has 1 atom stereocenters. The highest BCUT2D eigenvalue weighted by Gasteiger charge is 2.32. The second-order valence-electron chi connectivity index (χ2n) is 8.98. The molecule has 0 saturated heterocycles. The Morgan fingerprint density at radius 3 is 2.24 bits per heavy atom. The van der Waals surface area contributed by atoms with E-state index >= 15 is 0 Å². The molecule has 0 spiro atoms. The van der Waals surface area contributed by atoms with Crippen LogP contribution in [0.25, 0.3) is 5.57 Å². The van der Waals surface area contributed by atoms with Gasteiger partial charge in [-0.05, 0) is 48.6 Å². The Morgan fingerprint density at radius 2 is 1.56 bits per heavy atom. The number of carbonyl (C=O) groups excluding carboxylic acids is 2. The third-order valence-corrected chi connectivity index (χ3v) is 6.47. The fourth-order valence-electron chi connectivity index (χ4n) is 4.55. The van der Waals surface area contributed by atoms with Crippen LogP contribution in [0.2, 0.25) is 0 Å². The molecule has 3 aromatic rings. The monoisotopic (exact) mass is 451 g/mol. The summed E-state index contributed by atoms with van der Waals surface area (Å²) in [6.45, 7) is 2.80. The van der Waals surface area contributed by atoms with Gasteiger partial charge in [0, 0.05) is 30.5 Å². The number of rotatable bonds is 8. The molecule has 1 aliphatic carbocycles. The average Bonchev–Trinajstić information content (AvgIpc) is 3.70. The van der Waals surface area contributed by atoms with Gasteiger partial charge in [-0.3, -0.25) is 9.59 Å². The molecule has 3 aromatic carbocycles. The normalized spacial score (nSPS) is 16.1. The lowest BCUT2D eigenvalue weighted by molar-refractivity contribution is -0.124. The van der Waals surface area contributed by atoms with E-state index in [2.05, 4.69) is 33.7 Å². The zero-order valence-electron chi connectivity index (χ0n) is 19.3. The summed E-state index contributed by atoms with van der Waals surface area (Å²) >= 11 is 0. The Balaban J connectivity index is 1.59. The fourth-order valence-corrected chi connectivity index (χ4v) is 4.55. The zero-order chi connectivity index (χ0) is 23.5. The number of nitrogens with zero attached hydrogens (tertiary/aromatic N) is 1. The highest BCUT2D eigenvalue weighted by atomic mass is 16.2. The van der Waals surface area contributed by atoms with Gasteiger partial charge in [-0.2, -0.15) is 0 Å². The first-order valence-electron chi connectivity index (χ1n) is 11.9. The predicted molar refractivity (Wildman–Crippen MR) is 135 cm³/mol. The molecule has 0 bridgehead atoms. The number of hydrogen-bond acceptors (Lipinski definition) is 4. The van der Waals surface area contributed by atoms with Gasteiger partial charge >= 0.3 is 0 Å². The zero-order valence-corrected chi connectivity index (χ0v) is 19.3. The van der Waals surface area contributed by atoms with Crippen molar-refractivity contribution in [2.24, 2.45) is 0 Å². The summed E-state index contributed by atoms with van der Waals surface area (Å²) in [4.78, 5) is 28.7. The lowest BCUT2D eigenvalue weighted by Crippen LogP contribution is -2.40. The van der Waals surface area contributed by atoms with Gasteiger partial charge in [0.15, 0.2) is 5.78 Å². The van der Waals surface area contributed by atoms with Crippen LogP contribution < -0.4 is 15.5 Å². The summed E-state index contributed by atoms with van der Waals surface area (Å²) in [7, 11) is 0. The summed E-state index contributed by atoms with van der Waals surface area (Å²) in [6.07, 6.45) is 2.33. The number of amides is 1. The van der Waals surface area contributed by atoms with E-state index in [4.69, 9.17) is 0 Å². The molecule has 5 nitrogen and oxygen atoms in total. The van der Waals surface area contributed by atoms with E-state index in [-0.39, 0.29) is 11.7 Å². The van der Waals surface area contributed by atoms with Crippen LogP contribution in [0.5, 0.6) is 0 Å². The van der Waals surface area contributed by atoms with Gasteiger partial charge in [-0.25, -0.2) is 0 Å². The number of carbonyl (C=O) groups is 2. The van der Waals surface area contributed by atoms with Gasteiger partial charge in [0.2, 0.25) is 0 Å². The van der Waals surface area contributed by atoms with Crippen LogP contribution >= 0.6 is 0 Å². The second kappa shape index (κ2) is 9.65. The number of hydrogen-bond donors (Lipinski definition) is 2. The van der Waals surface area contributed by atoms with E-state index in [1.807, 2.05) is 66.7 Å². The van der Waals surface area contributed by atoms with Gasteiger partial charge in [0.25, 0.3) is 5.91 Å². The van der Waals surface area contributed by atoms with E-state index in [0.717, 1.165) is 40.9 Å². The van der Waals surface area contributed by atoms with Gasteiger partial charge in [0.05, 0.1) is 5.57 Å². The molecule has 1 amide bonds. The summed E-state index contributed by atoms with van der Waals surface area (Å²) < 4.78 is 0. The van der Waals surface area contributed by atoms with Crippen molar-refractivity contribution in [1.29, 1.82) is 0 Å². The quantitative estimate of drug-likeness (QED) is 0.525. The van der Waals surface area contributed by atoms with Gasteiger partial charge in [-0.1, -0.05) is 72.8 Å². The van der Waals surface area contributed by atoms with Crippen molar-refractivity contribution >= 4 is 23.0 Å². The first kappa shape index (κ1) is 22.1. The Labute approximate surface area is 200 Å². The Kier molecular flexibility index (Phi) is 6.28.